The molecule has 2 nitrogen and oxygen atoms in total. The first-order chi connectivity index (χ1) is 6.77. The van der Waals surface area contributed by atoms with Crippen molar-refractivity contribution in [3.63, 3.8) is 0 Å². The van der Waals surface area contributed by atoms with Gasteiger partial charge in [-0.2, -0.15) is 0 Å². The molecule has 1 aromatic carbocycles. The van der Waals surface area contributed by atoms with E-state index in [1.54, 1.807) is 14.2 Å². The molecule has 87 valence electrons. The number of allylic oxidation sites excluding steroid dienone is 1. The Morgan fingerprint density at radius 3 is 2.19 bits per heavy atom. The molecule has 16 heavy (non-hydrogen) atoms. The van der Waals surface area contributed by atoms with E-state index in [1.807, 2.05) is 12.1 Å². The van der Waals surface area contributed by atoms with Crippen molar-refractivity contribution in [3.05, 3.63) is 29.3 Å². The van der Waals surface area contributed by atoms with E-state index in [0.29, 0.717) is 3.67 Å². The molecule has 0 N–H and O–H groups in total. The summed E-state index contributed by atoms with van der Waals surface area (Å²) in [5.41, 5.74) is 2.48. The Hall–Kier alpha value is 0.0101. The molecule has 0 aromatic heterocycles. The number of fused-ring (bicyclic) bond motifs is 1. The quantitative estimate of drug-likeness (QED) is 0.677. The van der Waals surface area contributed by atoms with Gasteiger partial charge in [-0.3, -0.25) is 0 Å². The maximum Gasteiger partial charge on any atom is -0.147 e. The summed E-state index contributed by atoms with van der Waals surface area (Å²) < 4.78 is 11.2. The van der Waals surface area contributed by atoms with Crippen molar-refractivity contribution < 1.29 is 33.8 Å². The van der Waals surface area contributed by atoms with Crippen LogP contribution in [0.15, 0.2) is 18.2 Å². The molecule has 2 rings (SSSR count). The Labute approximate surface area is 123 Å². The summed E-state index contributed by atoms with van der Waals surface area (Å²) in [4.78, 5) is 0. The summed E-state index contributed by atoms with van der Waals surface area (Å²) in [5.74, 6) is 1.92. The Balaban J connectivity index is 0.00000112. The van der Waals surface area contributed by atoms with E-state index in [4.69, 9.17) is 9.47 Å². The zero-order valence-electron chi connectivity index (χ0n) is 9.02. The van der Waals surface area contributed by atoms with Gasteiger partial charge in [-0.25, -0.2) is 0 Å². The number of ether oxygens (including phenoxy) is 2. The number of methoxy groups -OCH3 is 2. The van der Waals surface area contributed by atoms with Crippen molar-refractivity contribution in [2.45, 2.75) is 3.67 Å². The number of benzene rings is 1. The number of hydrogen-bond donors (Lipinski definition) is 0. The van der Waals surface area contributed by atoms with Gasteiger partial charge >= 0.3 is 98.7 Å². The Kier molecular flexibility index (Phi) is 6.68. The van der Waals surface area contributed by atoms with Crippen LogP contribution in [-0.4, -0.2) is 14.2 Å². The molecule has 0 heterocycles. The molecule has 1 unspecified atom stereocenters. The van der Waals surface area contributed by atoms with Crippen LogP contribution in [0.3, 0.4) is 0 Å². The van der Waals surface area contributed by atoms with Crippen LogP contribution in [-0.2, 0) is 24.4 Å². The van der Waals surface area contributed by atoms with Crippen molar-refractivity contribution in [2.24, 2.45) is 0 Å². The molecule has 0 spiro atoms. The molecule has 0 aliphatic heterocycles. The van der Waals surface area contributed by atoms with Crippen molar-refractivity contribution in [1.82, 2.24) is 0 Å². The third-order valence-electron chi connectivity index (χ3n) is 2.41. The van der Waals surface area contributed by atoms with Crippen molar-refractivity contribution in [2.75, 3.05) is 14.2 Å². The smallest absolute Gasteiger partial charge is 0.147 e. The van der Waals surface area contributed by atoms with Gasteiger partial charge in [0.2, 0.25) is 0 Å². The van der Waals surface area contributed by atoms with Gasteiger partial charge in [-0.1, -0.05) is 0 Å². The molecule has 1 aromatic rings. The van der Waals surface area contributed by atoms with E-state index in [0.717, 1.165) is 35.9 Å². The molecule has 0 saturated heterocycles. The topological polar surface area (TPSA) is 18.5 Å². The van der Waals surface area contributed by atoms with Gasteiger partial charge in [0.1, 0.15) is 0 Å². The number of hydrogen-bond acceptors (Lipinski definition) is 2. The predicted molar refractivity (Wildman–Crippen MR) is 65.8 cm³/mol. The minimum atomic E-state index is 0. The normalized spacial score (nSPS) is 15.7. The van der Waals surface area contributed by atoms with Crippen LogP contribution in [0.5, 0.6) is 11.5 Å². The molecule has 1 aliphatic carbocycles. The summed E-state index contributed by atoms with van der Waals surface area (Å²) in [7, 11) is 3.42. The summed E-state index contributed by atoms with van der Waals surface area (Å²) in [6.07, 6.45) is 4.36. The number of halogens is 2. The van der Waals surface area contributed by atoms with Gasteiger partial charge in [0, 0.05) is 0 Å². The number of rotatable bonds is 2. The molecule has 0 saturated carbocycles. The van der Waals surface area contributed by atoms with E-state index in [-0.39, 0.29) is 24.8 Å². The molecule has 0 amide bonds. The van der Waals surface area contributed by atoms with Crippen LogP contribution >= 0.6 is 24.8 Å². The molecule has 5 heteroatoms. The minimum Gasteiger partial charge on any atom is -0.147 e. The second-order valence-corrected chi connectivity index (χ2v) is 5.37. The fraction of sp³-hybridized carbons (Fsp3) is 0.273. The molecular formula is C11H13Cl2HfO2. The Bertz CT molecular complexity index is 394. The average Bonchev–Trinajstić information content (AvgIpc) is 2.60. The molecule has 1 aliphatic rings. The van der Waals surface area contributed by atoms with Gasteiger partial charge in [-0.15, -0.1) is 24.8 Å². The van der Waals surface area contributed by atoms with Gasteiger partial charge < -0.3 is 0 Å². The standard InChI is InChI=1S/C11H11O2.2ClH.Hf/c1-12-10-6-7-11(13-2)9-5-3-4-8(9)10;;;/h3-7H,1-2H3;2*1H;. The fourth-order valence-electron chi connectivity index (χ4n) is 1.73. The maximum atomic E-state index is 5.35. The third-order valence-corrected chi connectivity index (χ3v) is 4.14. The van der Waals surface area contributed by atoms with Gasteiger partial charge in [0.25, 0.3) is 0 Å². The van der Waals surface area contributed by atoms with Gasteiger partial charge in [0.15, 0.2) is 0 Å². The average molecular weight is 427 g/mol. The van der Waals surface area contributed by atoms with Crippen molar-refractivity contribution >= 4 is 30.9 Å². The first kappa shape index (κ1) is 16.0. The largest absolute Gasteiger partial charge is 0.147 e. The van der Waals surface area contributed by atoms with Crippen LogP contribution in [0.1, 0.15) is 14.8 Å². The minimum absolute atomic E-state index is 0. The van der Waals surface area contributed by atoms with Crippen LogP contribution in [0.4, 0.5) is 0 Å². The zero-order valence-corrected chi connectivity index (χ0v) is 14.2. The first-order valence-corrected chi connectivity index (χ1v) is 6.49. The van der Waals surface area contributed by atoms with E-state index in [2.05, 4.69) is 12.2 Å². The van der Waals surface area contributed by atoms with Gasteiger partial charge in [-0.05, 0) is 0 Å². The molecular weight excluding hydrogens is 414 g/mol. The predicted octanol–water partition coefficient (Wildman–Crippen LogP) is 3.16. The van der Waals surface area contributed by atoms with E-state index >= 15 is 0 Å². The van der Waals surface area contributed by atoms with Crippen molar-refractivity contribution in [3.8, 4) is 11.5 Å². The second kappa shape index (κ2) is 6.67. The molecule has 1 atom stereocenters. The van der Waals surface area contributed by atoms with Crippen LogP contribution in [0.25, 0.3) is 6.08 Å². The summed E-state index contributed by atoms with van der Waals surface area (Å²) >= 11 is 1.11. The summed E-state index contributed by atoms with van der Waals surface area (Å²) in [6, 6.07) is 3.94. The molecule has 0 bridgehead atoms. The summed E-state index contributed by atoms with van der Waals surface area (Å²) in [6.45, 7) is 0. The Morgan fingerprint density at radius 1 is 1.06 bits per heavy atom. The fourth-order valence-corrected chi connectivity index (χ4v) is 3.15. The van der Waals surface area contributed by atoms with E-state index in [1.165, 1.54) is 11.1 Å². The van der Waals surface area contributed by atoms with Crippen LogP contribution < -0.4 is 9.47 Å². The third kappa shape index (κ3) is 2.63. The zero-order chi connectivity index (χ0) is 10.1. The van der Waals surface area contributed by atoms with E-state index < -0.39 is 0 Å². The monoisotopic (exact) mass is 427 g/mol. The van der Waals surface area contributed by atoms with Crippen LogP contribution in [0, 0.1) is 0 Å². The van der Waals surface area contributed by atoms with E-state index in [9.17, 15) is 0 Å². The maximum absolute atomic E-state index is 5.35. The van der Waals surface area contributed by atoms with Crippen molar-refractivity contribution in [1.29, 1.82) is 0 Å². The molecule has 0 radical (unpaired) electrons. The van der Waals surface area contributed by atoms with Crippen LogP contribution in [0.2, 0.25) is 0 Å². The summed E-state index contributed by atoms with van der Waals surface area (Å²) in [5, 5.41) is 0. The second-order valence-electron chi connectivity index (χ2n) is 3.13. The SMILES string of the molecule is COc1ccc(OC)c2c1C=C[CH]2[Hf].Cl.Cl. The molecule has 0 fully saturated rings. The Morgan fingerprint density at radius 2 is 1.62 bits per heavy atom. The first-order valence-electron chi connectivity index (χ1n) is 4.42. The van der Waals surface area contributed by atoms with Gasteiger partial charge in [0.05, 0.1) is 0 Å².